The van der Waals surface area contributed by atoms with E-state index in [4.69, 9.17) is 0 Å². The maximum absolute atomic E-state index is 9.29. The van der Waals surface area contributed by atoms with Crippen molar-refractivity contribution in [3.8, 4) is 6.07 Å². The van der Waals surface area contributed by atoms with Gasteiger partial charge in [-0.2, -0.15) is 10.4 Å². The molecule has 8 heteroatoms. The van der Waals surface area contributed by atoms with E-state index in [1.165, 1.54) is 18.1 Å². The summed E-state index contributed by atoms with van der Waals surface area (Å²) in [7, 11) is 0. The predicted octanol–water partition coefficient (Wildman–Crippen LogP) is 1.78. The largest absolute Gasteiger partial charge is 0.341 e. The van der Waals surface area contributed by atoms with Gasteiger partial charge in [-0.05, 0) is 31.2 Å². The number of nitrogens with one attached hydrogen (secondary N) is 1. The summed E-state index contributed by atoms with van der Waals surface area (Å²) in [6.07, 6.45) is 2.99. The van der Waals surface area contributed by atoms with E-state index in [-0.39, 0.29) is 0 Å². The molecule has 3 rings (SSSR count). The van der Waals surface area contributed by atoms with E-state index in [2.05, 4.69) is 36.2 Å². The highest BCUT2D eigenvalue weighted by molar-refractivity contribution is 7.99. The molecule has 0 aliphatic carbocycles. The Morgan fingerprint density at radius 3 is 2.80 bits per heavy atom. The van der Waals surface area contributed by atoms with Crippen molar-refractivity contribution < 1.29 is 0 Å². The van der Waals surface area contributed by atoms with Gasteiger partial charge in [0.05, 0.1) is 17.6 Å². The average molecular weight is 283 g/mol. The molecule has 0 bridgehead atoms. The summed E-state index contributed by atoms with van der Waals surface area (Å²) in [6.45, 7) is 3.69. The summed E-state index contributed by atoms with van der Waals surface area (Å²) in [5.41, 5.74) is 3.41. The summed E-state index contributed by atoms with van der Waals surface area (Å²) in [6, 6.07) is 2.17. The third kappa shape index (κ3) is 1.98. The Morgan fingerprint density at radius 2 is 2.00 bits per heavy atom. The summed E-state index contributed by atoms with van der Waals surface area (Å²) < 4.78 is 0. The van der Waals surface area contributed by atoms with Gasteiger partial charge in [-0.1, -0.05) is 0 Å². The number of H-pyrrole nitrogens is 1. The molecule has 7 nitrogen and oxygen atoms in total. The first-order valence-electron chi connectivity index (χ1n) is 5.76. The fourth-order valence-electron chi connectivity index (χ4n) is 1.70. The number of aromatic nitrogens is 6. The summed E-state index contributed by atoms with van der Waals surface area (Å²) in [5.74, 6) is 0. The summed E-state index contributed by atoms with van der Waals surface area (Å²) >= 11 is 1.28. The molecular formula is C12H9N7S. The molecule has 0 saturated carbocycles. The van der Waals surface area contributed by atoms with Crippen LogP contribution < -0.4 is 0 Å². The zero-order chi connectivity index (χ0) is 14.1. The molecular weight excluding hydrogens is 274 g/mol. The molecule has 0 spiro atoms. The van der Waals surface area contributed by atoms with Crippen molar-refractivity contribution in [2.24, 2.45) is 0 Å². The molecule has 3 aromatic heterocycles. The van der Waals surface area contributed by atoms with Crippen LogP contribution in [0.1, 0.15) is 16.8 Å². The van der Waals surface area contributed by atoms with Crippen LogP contribution in [0.2, 0.25) is 0 Å². The SMILES string of the molecule is Cc1nnc(Sc2ncnc3nc[nH]c23)c(C#N)c1C. The number of aromatic amines is 1. The zero-order valence-corrected chi connectivity index (χ0v) is 11.6. The van der Waals surface area contributed by atoms with Gasteiger partial charge in [0.2, 0.25) is 0 Å². The van der Waals surface area contributed by atoms with Gasteiger partial charge in [0, 0.05) is 0 Å². The van der Waals surface area contributed by atoms with Gasteiger partial charge in [-0.15, -0.1) is 5.10 Å². The fourth-order valence-corrected chi connectivity index (χ4v) is 2.62. The van der Waals surface area contributed by atoms with E-state index in [0.29, 0.717) is 21.3 Å². The molecule has 0 fully saturated rings. The minimum Gasteiger partial charge on any atom is -0.341 e. The average Bonchev–Trinajstić information content (AvgIpc) is 2.93. The molecule has 20 heavy (non-hydrogen) atoms. The van der Waals surface area contributed by atoms with Crippen LogP contribution in [-0.4, -0.2) is 30.1 Å². The van der Waals surface area contributed by atoms with E-state index >= 15 is 0 Å². The molecule has 0 saturated heterocycles. The van der Waals surface area contributed by atoms with Crippen LogP contribution in [0.4, 0.5) is 0 Å². The Bertz CT molecular complexity index is 833. The standard InChI is InChI=1S/C12H9N7S/c1-6-7(2)18-19-11(8(6)3-13)20-12-9-10(15-4-14-9)16-5-17-12/h4-5H,1-2H3,(H,14,15,16,17). The topological polar surface area (TPSA) is 104 Å². The molecule has 1 N–H and O–H groups in total. The number of nitrogens with zero attached hydrogens (tertiary/aromatic N) is 6. The maximum atomic E-state index is 9.29. The normalized spacial score (nSPS) is 10.7. The van der Waals surface area contributed by atoms with E-state index in [0.717, 1.165) is 16.8 Å². The highest BCUT2D eigenvalue weighted by Crippen LogP contribution is 2.31. The first-order valence-corrected chi connectivity index (χ1v) is 6.58. The predicted molar refractivity (Wildman–Crippen MR) is 72.0 cm³/mol. The lowest BCUT2D eigenvalue weighted by Crippen LogP contribution is -1.99. The Balaban J connectivity index is 2.10. The Morgan fingerprint density at radius 1 is 1.15 bits per heavy atom. The van der Waals surface area contributed by atoms with Crippen molar-refractivity contribution in [2.75, 3.05) is 0 Å². The molecule has 0 aromatic carbocycles. The first kappa shape index (κ1) is 12.5. The molecule has 0 unspecified atom stereocenters. The monoisotopic (exact) mass is 283 g/mol. The van der Waals surface area contributed by atoms with Crippen molar-refractivity contribution >= 4 is 22.9 Å². The van der Waals surface area contributed by atoms with Gasteiger partial charge in [0.25, 0.3) is 0 Å². The van der Waals surface area contributed by atoms with E-state index in [9.17, 15) is 5.26 Å². The van der Waals surface area contributed by atoms with Crippen LogP contribution in [-0.2, 0) is 0 Å². The third-order valence-corrected chi connectivity index (χ3v) is 3.90. The minimum absolute atomic E-state index is 0.522. The molecule has 0 amide bonds. The molecule has 98 valence electrons. The van der Waals surface area contributed by atoms with Gasteiger partial charge in [-0.25, -0.2) is 15.0 Å². The van der Waals surface area contributed by atoms with Crippen LogP contribution in [0.3, 0.4) is 0 Å². The number of nitriles is 1. The van der Waals surface area contributed by atoms with E-state index in [1.54, 1.807) is 6.33 Å². The van der Waals surface area contributed by atoms with E-state index in [1.807, 2.05) is 13.8 Å². The van der Waals surface area contributed by atoms with Gasteiger partial charge in [0.15, 0.2) is 5.65 Å². The lowest BCUT2D eigenvalue weighted by molar-refractivity contribution is 0.869. The van der Waals surface area contributed by atoms with Crippen molar-refractivity contribution in [3.63, 3.8) is 0 Å². The number of rotatable bonds is 2. The second-order valence-corrected chi connectivity index (χ2v) is 5.06. The number of fused-ring (bicyclic) bond motifs is 1. The quantitative estimate of drug-likeness (QED) is 0.715. The molecule has 3 aromatic rings. The molecule has 0 atom stereocenters. The molecule has 0 aliphatic rings. The van der Waals surface area contributed by atoms with Crippen molar-refractivity contribution in [3.05, 3.63) is 29.5 Å². The second kappa shape index (κ2) is 4.86. The molecule has 3 heterocycles. The lowest BCUT2D eigenvalue weighted by Gasteiger charge is -2.06. The Labute approximate surface area is 118 Å². The Hall–Kier alpha value is -2.53. The van der Waals surface area contributed by atoms with Gasteiger partial charge >= 0.3 is 0 Å². The van der Waals surface area contributed by atoms with Crippen molar-refractivity contribution in [1.82, 2.24) is 30.1 Å². The number of hydrogen-bond acceptors (Lipinski definition) is 7. The fraction of sp³-hybridized carbons (Fsp3) is 0.167. The van der Waals surface area contributed by atoms with Crippen molar-refractivity contribution in [2.45, 2.75) is 23.9 Å². The highest BCUT2D eigenvalue weighted by atomic mass is 32.2. The van der Waals surface area contributed by atoms with Crippen molar-refractivity contribution in [1.29, 1.82) is 5.26 Å². The maximum Gasteiger partial charge on any atom is 0.181 e. The minimum atomic E-state index is 0.522. The van der Waals surface area contributed by atoms with Crippen LogP contribution in [0.25, 0.3) is 11.2 Å². The lowest BCUT2D eigenvalue weighted by atomic mass is 10.1. The third-order valence-electron chi connectivity index (χ3n) is 2.92. The zero-order valence-electron chi connectivity index (χ0n) is 10.7. The Kier molecular flexibility index (Phi) is 3.04. The summed E-state index contributed by atoms with van der Waals surface area (Å²) in [4.78, 5) is 15.3. The van der Waals surface area contributed by atoms with Crippen LogP contribution in [0, 0.1) is 25.2 Å². The van der Waals surface area contributed by atoms with Crippen LogP contribution in [0.15, 0.2) is 22.7 Å². The highest BCUT2D eigenvalue weighted by Gasteiger charge is 2.15. The summed E-state index contributed by atoms with van der Waals surface area (Å²) in [5, 5.41) is 18.6. The van der Waals surface area contributed by atoms with Crippen LogP contribution in [0.5, 0.6) is 0 Å². The number of aryl methyl sites for hydroxylation is 1. The van der Waals surface area contributed by atoms with Gasteiger partial charge < -0.3 is 4.98 Å². The van der Waals surface area contributed by atoms with Gasteiger partial charge in [-0.3, -0.25) is 0 Å². The molecule has 0 radical (unpaired) electrons. The van der Waals surface area contributed by atoms with Gasteiger partial charge in [0.1, 0.15) is 28.0 Å². The molecule has 0 aliphatic heterocycles. The van der Waals surface area contributed by atoms with Crippen LogP contribution >= 0.6 is 11.8 Å². The first-order chi connectivity index (χ1) is 9.70. The number of imidazole rings is 1. The van der Waals surface area contributed by atoms with E-state index < -0.39 is 0 Å². The second-order valence-electron chi connectivity index (χ2n) is 4.08. The number of hydrogen-bond donors (Lipinski definition) is 1. The smallest absolute Gasteiger partial charge is 0.181 e.